The van der Waals surface area contributed by atoms with Crippen molar-refractivity contribution in [3.05, 3.63) is 71.7 Å². The second kappa shape index (κ2) is 10.1. The first-order valence-corrected chi connectivity index (χ1v) is 7.25. The molecule has 0 aromatic carbocycles. The maximum Gasteiger partial charge on any atom is 0.0457 e. The molecule has 0 amide bonds. The molecule has 1 nitrogen and oxygen atoms in total. The van der Waals surface area contributed by atoms with Crippen LogP contribution < -0.4 is 5.32 Å². The zero-order valence-corrected chi connectivity index (χ0v) is 13.7. The zero-order chi connectivity index (χ0) is 15.5. The first kappa shape index (κ1) is 18.2. The van der Waals surface area contributed by atoms with Gasteiger partial charge in [-0.15, -0.1) is 0 Å². The van der Waals surface area contributed by atoms with Crippen molar-refractivity contribution in [1.29, 1.82) is 0 Å². The highest BCUT2D eigenvalue weighted by molar-refractivity contribution is 5.45. The van der Waals surface area contributed by atoms with Crippen LogP contribution in [-0.4, -0.2) is 0 Å². The minimum absolute atomic E-state index is 0.904. The van der Waals surface area contributed by atoms with E-state index in [2.05, 4.69) is 77.4 Å². The van der Waals surface area contributed by atoms with Gasteiger partial charge in [-0.2, -0.15) is 0 Å². The Hall–Kier alpha value is -1.76. The first-order valence-electron chi connectivity index (χ1n) is 7.25. The van der Waals surface area contributed by atoms with E-state index < -0.39 is 0 Å². The lowest BCUT2D eigenvalue weighted by Gasteiger charge is -2.14. The Balaban J connectivity index is 5.54. The van der Waals surface area contributed by atoms with Gasteiger partial charge in [0.1, 0.15) is 0 Å². The maximum absolute atomic E-state index is 4.03. The quantitative estimate of drug-likeness (QED) is 0.549. The predicted molar refractivity (Wildman–Crippen MR) is 92.4 cm³/mol. The third-order valence-corrected chi connectivity index (χ3v) is 2.76. The average molecular weight is 271 g/mol. The second-order valence-electron chi connectivity index (χ2n) is 5.07. The molecular formula is C19H29N. The number of hydrogen-bond acceptors (Lipinski definition) is 1. The molecule has 0 spiro atoms. The minimum atomic E-state index is 0.904. The molecule has 1 heteroatoms. The van der Waals surface area contributed by atoms with Crippen molar-refractivity contribution in [2.45, 2.75) is 47.5 Å². The monoisotopic (exact) mass is 271 g/mol. The van der Waals surface area contributed by atoms with Crippen molar-refractivity contribution in [3.63, 3.8) is 0 Å². The van der Waals surface area contributed by atoms with Crippen molar-refractivity contribution >= 4 is 0 Å². The molecule has 0 bridgehead atoms. The van der Waals surface area contributed by atoms with Gasteiger partial charge in [0.05, 0.1) is 0 Å². The highest BCUT2D eigenvalue weighted by Gasteiger charge is 2.02. The zero-order valence-electron chi connectivity index (χ0n) is 13.7. The van der Waals surface area contributed by atoms with Gasteiger partial charge in [0.25, 0.3) is 0 Å². The fraction of sp³-hybridized carbons (Fsp3) is 0.368. The largest absolute Gasteiger partial charge is 0.359 e. The molecule has 0 aliphatic heterocycles. The molecule has 0 aromatic rings. The summed E-state index contributed by atoms with van der Waals surface area (Å²) in [5.74, 6) is 0. The minimum Gasteiger partial charge on any atom is -0.359 e. The standard InChI is InChI=1S/C19H29N/c1-8-11-16(6)14-19(20-17(7)9-2)18(10-3)13-12-15(4)5/h10-14,20H,3,7-9H2,1-2,4-6H3/b16-11-,18-13+,19-14-. The van der Waals surface area contributed by atoms with E-state index in [-0.39, 0.29) is 0 Å². The smallest absolute Gasteiger partial charge is 0.0457 e. The average Bonchev–Trinajstić information content (AvgIpc) is 2.38. The number of nitrogens with one attached hydrogen (secondary N) is 1. The Labute approximate surface area is 125 Å². The van der Waals surface area contributed by atoms with Crippen LogP contribution in [0.1, 0.15) is 47.5 Å². The Morgan fingerprint density at radius 3 is 2.20 bits per heavy atom. The Kier molecular flexibility index (Phi) is 9.19. The van der Waals surface area contributed by atoms with Gasteiger partial charge in [-0.05, 0) is 45.3 Å². The summed E-state index contributed by atoms with van der Waals surface area (Å²) < 4.78 is 0. The molecule has 110 valence electrons. The molecule has 20 heavy (non-hydrogen) atoms. The summed E-state index contributed by atoms with van der Waals surface area (Å²) in [6, 6.07) is 0. The molecule has 0 fully saturated rings. The third-order valence-electron chi connectivity index (χ3n) is 2.76. The number of hydrogen-bond donors (Lipinski definition) is 1. The van der Waals surface area contributed by atoms with Gasteiger partial charge < -0.3 is 5.32 Å². The normalized spacial score (nSPS) is 12.9. The second-order valence-corrected chi connectivity index (χ2v) is 5.07. The summed E-state index contributed by atoms with van der Waals surface area (Å²) in [7, 11) is 0. The number of rotatable bonds is 8. The highest BCUT2D eigenvalue weighted by atomic mass is 14.9. The third kappa shape index (κ3) is 7.63. The molecule has 0 rings (SSSR count). The SMILES string of the molecule is C=CC(=C\C=C(C)C)/C(=C/C(C)=C\CC)NC(=C)CC. The fourth-order valence-corrected chi connectivity index (χ4v) is 1.60. The molecule has 0 aliphatic rings. The Morgan fingerprint density at radius 1 is 1.10 bits per heavy atom. The Bertz CT molecular complexity index is 452. The molecule has 0 radical (unpaired) electrons. The van der Waals surface area contributed by atoms with Crippen molar-refractivity contribution in [1.82, 2.24) is 5.32 Å². The van der Waals surface area contributed by atoms with Gasteiger partial charge in [0.15, 0.2) is 0 Å². The van der Waals surface area contributed by atoms with Crippen LogP contribution in [0.4, 0.5) is 0 Å². The van der Waals surface area contributed by atoms with Gasteiger partial charge in [-0.1, -0.05) is 62.5 Å². The molecule has 0 atom stereocenters. The van der Waals surface area contributed by atoms with Gasteiger partial charge in [-0.25, -0.2) is 0 Å². The molecule has 0 heterocycles. The fourth-order valence-electron chi connectivity index (χ4n) is 1.60. The van der Waals surface area contributed by atoms with Crippen LogP contribution >= 0.6 is 0 Å². The predicted octanol–water partition coefficient (Wildman–Crippen LogP) is 5.82. The lowest BCUT2D eigenvalue weighted by atomic mass is 10.1. The van der Waals surface area contributed by atoms with Crippen LogP contribution in [0.15, 0.2) is 71.7 Å². The summed E-state index contributed by atoms with van der Waals surface area (Å²) >= 11 is 0. The van der Waals surface area contributed by atoms with E-state index >= 15 is 0 Å². The van der Waals surface area contributed by atoms with Crippen LogP contribution in [0.2, 0.25) is 0 Å². The molecule has 0 unspecified atom stereocenters. The van der Waals surface area contributed by atoms with Crippen LogP contribution in [-0.2, 0) is 0 Å². The van der Waals surface area contributed by atoms with Gasteiger partial charge in [0, 0.05) is 11.4 Å². The summed E-state index contributed by atoms with van der Waals surface area (Å²) in [6.07, 6.45) is 12.4. The summed E-state index contributed by atoms with van der Waals surface area (Å²) in [5, 5.41) is 3.39. The summed E-state index contributed by atoms with van der Waals surface area (Å²) in [5.41, 5.74) is 5.63. The molecule has 0 saturated heterocycles. The first-order chi connectivity index (χ1) is 9.44. The van der Waals surface area contributed by atoms with Crippen molar-refractivity contribution in [2.75, 3.05) is 0 Å². The summed E-state index contributed by atoms with van der Waals surface area (Å²) in [4.78, 5) is 0. The Morgan fingerprint density at radius 2 is 1.75 bits per heavy atom. The highest BCUT2D eigenvalue weighted by Crippen LogP contribution is 2.15. The van der Waals surface area contributed by atoms with Crippen molar-refractivity contribution in [3.8, 4) is 0 Å². The van der Waals surface area contributed by atoms with Crippen LogP contribution in [0.3, 0.4) is 0 Å². The van der Waals surface area contributed by atoms with E-state index in [0.29, 0.717) is 0 Å². The van der Waals surface area contributed by atoms with E-state index in [1.807, 2.05) is 6.08 Å². The lowest BCUT2D eigenvalue weighted by Crippen LogP contribution is -2.13. The molecular weight excluding hydrogens is 242 g/mol. The lowest BCUT2D eigenvalue weighted by molar-refractivity contribution is 0.908. The van der Waals surface area contributed by atoms with Gasteiger partial charge in [0.2, 0.25) is 0 Å². The maximum atomic E-state index is 4.03. The van der Waals surface area contributed by atoms with Gasteiger partial charge in [-0.3, -0.25) is 0 Å². The summed E-state index contributed by atoms with van der Waals surface area (Å²) in [6.45, 7) is 18.5. The number of allylic oxidation sites excluding steroid dienone is 8. The molecule has 0 aliphatic carbocycles. The van der Waals surface area contributed by atoms with E-state index in [1.54, 1.807) is 0 Å². The van der Waals surface area contributed by atoms with Crippen LogP contribution in [0, 0.1) is 0 Å². The van der Waals surface area contributed by atoms with E-state index in [9.17, 15) is 0 Å². The van der Waals surface area contributed by atoms with E-state index in [1.165, 1.54) is 11.1 Å². The molecule has 0 aromatic heterocycles. The topological polar surface area (TPSA) is 12.0 Å². The van der Waals surface area contributed by atoms with Gasteiger partial charge >= 0.3 is 0 Å². The van der Waals surface area contributed by atoms with Crippen molar-refractivity contribution < 1.29 is 0 Å². The molecule has 1 N–H and O–H groups in total. The van der Waals surface area contributed by atoms with Crippen LogP contribution in [0.25, 0.3) is 0 Å². The van der Waals surface area contributed by atoms with Crippen molar-refractivity contribution in [2.24, 2.45) is 0 Å². The van der Waals surface area contributed by atoms with Crippen LogP contribution in [0.5, 0.6) is 0 Å². The van der Waals surface area contributed by atoms with E-state index in [0.717, 1.165) is 29.8 Å². The molecule has 0 saturated carbocycles. The van der Waals surface area contributed by atoms with E-state index in [4.69, 9.17) is 0 Å².